The minimum atomic E-state index is -0.592. The molecule has 33 heavy (non-hydrogen) atoms. The molecule has 1 heterocycles. The van der Waals surface area contributed by atoms with Crippen molar-refractivity contribution in [2.45, 2.75) is 51.2 Å². The van der Waals surface area contributed by atoms with Gasteiger partial charge in [-0.1, -0.05) is 18.2 Å². The largest absolute Gasteiger partial charge is 0.491 e. The number of halogens is 2. The van der Waals surface area contributed by atoms with Gasteiger partial charge >= 0.3 is 0 Å². The summed E-state index contributed by atoms with van der Waals surface area (Å²) in [6.07, 6.45) is 3.52. The number of nitriles is 1. The number of benzene rings is 2. The molecule has 7 heteroatoms. The van der Waals surface area contributed by atoms with Gasteiger partial charge in [-0.2, -0.15) is 5.26 Å². The third-order valence-corrected chi connectivity index (χ3v) is 6.13. The first-order valence-electron chi connectivity index (χ1n) is 11.3. The predicted octanol–water partition coefficient (Wildman–Crippen LogP) is 5.08. The molecule has 2 aromatic rings. The Kier molecular flexibility index (Phi) is 12.0. The van der Waals surface area contributed by atoms with Gasteiger partial charge in [0.05, 0.1) is 23.3 Å². The number of hydrogen-bond acceptors (Lipinski definition) is 5. The van der Waals surface area contributed by atoms with Crippen LogP contribution in [0.4, 0.5) is 5.69 Å². The lowest BCUT2D eigenvalue weighted by Crippen LogP contribution is -2.46. The number of rotatable bonds is 9. The normalized spacial score (nSPS) is 15.2. The lowest BCUT2D eigenvalue weighted by atomic mass is 9.88. The molecule has 1 saturated heterocycles. The van der Waals surface area contributed by atoms with Gasteiger partial charge in [-0.3, -0.25) is 0 Å². The Morgan fingerprint density at radius 1 is 1.12 bits per heavy atom. The third-order valence-electron chi connectivity index (χ3n) is 6.13. The van der Waals surface area contributed by atoms with Crippen molar-refractivity contribution in [1.29, 1.82) is 5.26 Å². The van der Waals surface area contributed by atoms with E-state index in [2.05, 4.69) is 35.0 Å². The molecule has 3 rings (SSSR count). The van der Waals surface area contributed by atoms with Crippen LogP contribution in [-0.4, -0.2) is 54.9 Å². The Labute approximate surface area is 211 Å². The average Bonchev–Trinajstić information content (AvgIpc) is 2.77. The lowest BCUT2D eigenvalue weighted by molar-refractivity contribution is -0.0254. The number of nitrogens with zero attached hydrogens (tertiary/aromatic N) is 3. The second kappa shape index (κ2) is 13.7. The van der Waals surface area contributed by atoms with Crippen LogP contribution in [-0.2, 0) is 6.42 Å². The molecule has 2 aromatic carbocycles. The summed E-state index contributed by atoms with van der Waals surface area (Å²) in [6.45, 7) is 7.71. The van der Waals surface area contributed by atoms with Gasteiger partial charge in [-0.05, 0) is 69.4 Å². The minimum Gasteiger partial charge on any atom is -0.491 e. The first-order chi connectivity index (χ1) is 14.9. The highest BCUT2D eigenvalue weighted by atomic mass is 35.5. The highest BCUT2D eigenvalue weighted by Gasteiger charge is 2.32. The zero-order valence-corrected chi connectivity index (χ0v) is 21.5. The molecule has 0 atom stereocenters. The van der Waals surface area contributed by atoms with Gasteiger partial charge in [0.15, 0.2) is 0 Å². The van der Waals surface area contributed by atoms with Gasteiger partial charge < -0.3 is 19.6 Å². The Morgan fingerprint density at radius 3 is 2.39 bits per heavy atom. The molecule has 182 valence electrons. The quantitative estimate of drug-likeness (QED) is 0.527. The van der Waals surface area contributed by atoms with E-state index in [1.54, 1.807) is 0 Å². The first-order valence-corrected chi connectivity index (χ1v) is 11.3. The number of hydrogen-bond donors (Lipinski definition) is 1. The Morgan fingerprint density at radius 2 is 1.79 bits per heavy atom. The number of ether oxygens (including phenoxy) is 1. The van der Waals surface area contributed by atoms with Crippen molar-refractivity contribution in [2.24, 2.45) is 0 Å². The molecule has 1 aliphatic rings. The molecule has 1 aliphatic heterocycles. The molecular formula is C26H37Cl2N3O2. The van der Waals surface area contributed by atoms with Crippen molar-refractivity contribution >= 4 is 30.5 Å². The van der Waals surface area contributed by atoms with Crippen molar-refractivity contribution < 1.29 is 9.84 Å². The number of aliphatic hydroxyl groups is 1. The maximum atomic E-state index is 11.1. The van der Waals surface area contributed by atoms with Gasteiger partial charge in [0.2, 0.25) is 0 Å². The summed E-state index contributed by atoms with van der Waals surface area (Å²) in [5.74, 6) is 0.883. The number of piperidine rings is 1. The van der Waals surface area contributed by atoms with E-state index in [0.717, 1.165) is 63.3 Å². The van der Waals surface area contributed by atoms with E-state index in [1.165, 1.54) is 5.56 Å². The Bertz CT molecular complexity index is 876. The Balaban J connectivity index is 0.00000272. The summed E-state index contributed by atoms with van der Waals surface area (Å²) in [5.41, 5.74) is 2.48. The van der Waals surface area contributed by atoms with Crippen LogP contribution in [0.2, 0.25) is 0 Å². The highest BCUT2D eigenvalue weighted by Crippen LogP contribution is 2.28. The number of likely N-dealkylation sites (tertiary alicyclic amines) is 1. The summed E-state index contributed by atoms with van der Waals surface area (Å²) in [6, 6.07) is 18.2. The maximum absolute atomic E-state index is 11.1. The van der Waals surface area contributed by atoms with Crippen LogP contribution in [0.3, 0.4) is 0 Å². The SMILES string of the molecule is CC(C)Oc1cccc(N(C)CCC2(O)CCN(CCc3ccc(C#N)cc3)CC2)c1.Cl.Cl. The van der Waals surface area contributed by atoms with Crippen molar-refractivity contribution in [2.75, 3.05) is 38.1 Å². The van der Waals surface area contributed by atoms with Gasteiger partial charge in [-0.25, -0.2) is 0 Å². The fourth-order valence-corrected chi connectivity index (χ4v) is 4.05. The maximum Gasteiger partial charge on any atom is 0.121 e. The Hall–Kier alpha value is -1.97. The smallest absolute Gasteiger partial charge is 0.121 e. The monoisotopic (exact) mass is 493 g/mol. The summed E-state index contributed by atoms with van der Waals surface area (Å²) in [7, 11) is 2.07. The second-order valence-corrected chi connectivity index (χ2v) is 8.96. The van der Waals surface area contributed by atoms with E-state index in [4.69, 9.17) is 10.00 Å². The second-order valence-electron chi connectivity index (χ2n) is 8.96. The summed E-state index contributed by atoms with van der Waals surface area (Å²) < 4.78 is 5.80. The number of anilines is 1. The summed E-state index contributed by atoms with van der Waals surface area (Å²) in [4.78, 5) is 4.63. The first kappa shape index (κ1) is 29.1. The van der Waals surface area contributed by atoms with Crippen LogP contribution < -0.4 is 9.64 Å². The zero-order valence-electron chi connectivity index (χ0n) is 19.9. The van der Waals surface area contributed by atoms with Crippen LogP contribution in [0, 0.1) is 11.3 Å². The fourth-order valence-electron chi connectivity index (χ4n) is 4.05. The van der Waals surface area contributed by atoms with Crippen LogP contribution in [0.5, 0.6) is 5.75 Å². The standard InChI is InChI=1S/C26H35N3O2.2ClH/c1-21(2)31-25-6-4-5-24(19-25)28(3)16-12-26(30)13-17-29(18-14-26)15-11-22-7-9-23(20-27)10-8-22;;/h4-10,19,21,30H,11-18H2,1-3H3;2*1H. The summed E-state index contributed by atoms with van der Waals surface area (Å²) >= 11 is 0. The van der Waals surface area contributed by atoms with Gasteiger partial charge in [0.25, 0.3) is 0 Å². The van der Waals surface area contributed by atoms with Gasteiger partial charge in [0, 0.05) is 45.0 Å². The van der Waals surface area contributed by atoms with Crippen LogP contribution in [0.15, 0.2) is 48.5 Å². The van der Waals surface area contributed by atoms with Gasteiger partial charge in [-0.15, -0.1) is 24.8 Å². The summed E-state index contributed by atoms with van der Waals surface area (Å²) in [5, 5.41) is 20.0. The van der Waals surface area contributed by atoms with E-state index in [1.807, 2.05) is 50.2 Å². The van der Waals surface area contributed by atoms with Crippen molar-refractivity contribution in [3.05, 3.63) is 59.7 Å². The van der Waals surface area contributed by atoms with E-state index in [-0.39, 0.29) is 30.9 Å². The topological polar surface area (TPSA) is 59.7 Å². The van der Waals surface area contributed by atoms with Gasteiger partial charge in [0.1, 0.15) is 5.75 Å². The lowest BCUT2D eigenvalue weighted by Gasteiger charge is -2.39. The molecule has 0 amide bonds. The highest BCUT2D eigenvalue weighted by molar-refractivity contribution is 5.85. The molecule has 0 spiro atoms. The van der Waals surface area contributed by atoms with Crippen LogP contribution in [0.25, 0.3) is 0 Å². The molecule has 0 aromatic heterocycles. The molecular weight excluding hydrogens is 457 g/mol. The van der Waals surface area contributed by atoms with E-state index in [0.29, 0.717) is 5.56 Å². The minimum absolute atomic E-state index is 0. The molecule has 0 unspecified atom stereocenters. The van der Waals surface area contributed by atoms with E-state index in [9.17, 15) is 5.11 Å². The van der Waals surface area contributed by atoms with Crippen LogP contribution >= 0.6 is 24.8 Å². The average molecular weight is 495 g/mol. The molecule has 5 nitrogen and oxygen atoms in total. The molecule has 0 bridgehead atoms. The van der Waals surface area contributed by atoms with Crippen molar-refractivity contribution in [3.8, 4) is 11.8 Å². The molecule has 0 aliphatic carbocycles. The fraction of sp³-hybridized carbons (Fsp3) is 0.500. The van der Waals surface area contributed by atoms with Crippen molar-refractivity contribution in [1.82, 2.24) is 4.90 Å². The molecule has 1 fully saturated rings. The third kappa shape index (κ3) is 9.06. The van der Waals surface area contributed by atoms with Crippen LogP contribution in [0.1, 0.15) is 44.2 Å². The molecule has 0 radical (unpaired) electrons. The molecule has 0 saturated carbocycles. The predicted molar refractivity (Wildman–Crippen MR) is 140 cm³/mol. The van der Waals surface area contributed by atoms with Crippen molar-refractivity contribution in [3.63, 3.8) is 0 Å². The van der Waals surface area contributed by atoms with E-state index >= 15 is 0 Å². The zero-order chi connectivity index (χ0) is 22.3. The molecule has 1 N–H and O–H groups in total. The van der Waals surface area contributed by atoms with E-state index < -0.39 is 5.60 Å².